The van der Waals surface area contributed by atoms with E-state index in [1.54, 1.807) is 24.3 Å². The summed E-state index contributed by atoms with van der Waals surface area (Å²) in [7, 11) is 0. The van der Waals surface area contributed by atoms with Crippen LogP contribution in [0.3, 0.4) is 0 Å². The molecule has 0 radical (unpaired) electrons. The molecule has 15 heteroatoms. The summed E-state index contributed by atoms with van der Waals surface area (Å²) in [5.74, 6) is -3.91. The number of benzene rings is 1. The second-order valence-corrected chi connectivity index (χ2v) is 11.8. The van der Waals surface area contributed by atoms with Crippen LogP contribution in [0.2, 0.25) is 0 Å². The number of esters is 1. The molecule has 1 aromatic carbocycles. The topological polar surface area (TPSA) is 183 Å². The van der Waals surface area contributed by atoms with Crippen LogP contribution >= 0.6 is 23.5 Å². The first-order chi connectivity index (χ1) is 19.8. The molecule has 0 saturated carbocycles. The fourth-order valence-corrected chi connectivity index (χ4v) is 4.76. The molecule has 0 aliphatic heterocycles. The van der Waals surface area contributed by atoms with Gasteiger partial charge in [0, 0.05) is 12.2 Å². The van der Waals surface area contributed by atoms with Crippen molar-refractivity contribution in [2.24, 2.45) is 5.92 Å². The summed E-state index contributed by atoms with van der Waals surface area (Å²) in [5, 5.41) is -1.61. The molecule has 0 aliphatic rings. The van der Waals surface area contributed by atoms with Crippen molar-refractivity contribution in [3.05, 3.63) is 80.2 Å². The Bertz CT molecular complexity index is 1510. The van der Waals surface area contributed by atoms with E-state index < -0.39 is 44.7 Å². The fourth-order valence-electron chi connectivity index (χ4n) is 3.29. The molecule has 0 spiro atoms. The van der Waals surface area contributed by atoms with Gasteiger partial charge in [-0.25, -0.2) is 19.2 Å². The maximum atomic E-state index is 13.2. The lowest BCUT2D eigenvalue weighted by Gasteiger charge is -2.23. The van der Waals surface area contributed by atoms with Gasteiger partial charge < -0.3 is 31.9 Å². The first-order valence-corrected chi connectivity index (χ1v) is 14.2. The van der Waals surface area contributed by atoms with Gasteiger partial charge in [-0.2, -0.15) is 0 Å². The number of ketones is 1. The summed E-state index contributed by atoms with van der Waals surface area (Å²) in [5.41, 5.74) is 0.724. The molecular formula is C27H28O13S2. The van der Waals surface area contributed by atoms with E-state index in [0.717, 1.165) is 5.56 Å². The number of carbonyl (C=O) groups excluding carboxylic acids is 4. The van der Waals surface area contributed by atoms with Crippen LogP contribution in [0.15, 0.2) is 57.6 Å². The highest BCUT2D eigenvalue weighted by Gasteiger charge is 2.36. The first kappa shape index (κ1) is 32.5. The van der Waals surface area contributed by atoms with E-state index in [-0.39, 0.29) is 55.0 Å². The Morgan fingerprint density at radius 3 is 1.86 bits per heavy atom. The van der Waals surface area contributed by atoms with E-state index in [9.17, 15) is 28.8 Å². The van der Waals surface area contributed by atoms with Crippen LogP contribution in [0.25, 0.3) is 0 Å². The first-order valence-electron chi connectivity index (χ1n) is 12.4. The van der Waals surface area contributed by atoms with Gasteiger partial charge in [0.25, 0.3) is 0 Å². The zero-order valence-electron chi connectivity index (χ0n) is 23.1. The number of aryl methyl sites for hydroxylation is 2. The van der Waals surface area contributed by atoms with Crippen molar-refractivity contribution < 1.29 is 51.1 Å². The molecule has 1 atom stereocenters. The lowest BCUT2D eigenvalue weighted by molar-refractivity contribution is -0.150. The van der Waals surface area contributed by atoms with Gasteiger partial charge in [-0.05, 0) is 56.8 Å². The second kappa shape index (κ2) is 14.8. The standard InChI is InChI=1S/C27H28O13S2/c1-15-19(39-23(30)37-15)12-35-25(32)41-14-18(22(29)34-11-17-8-6-5-7-9-17)10-21(28)27(3,4)42-26(33)36-13-20-16(2)38-24(31)40-20/h5-9,18H,10-14H2,1-4H3/t18-/m0/s1. The Kier molecular flexibility index (Phi) is 11.4. The van der Waals surface area contributed by atoms with Crippen molar-refractivity contribution in [1.82, 2.24) is 0 Å². The van der Waals surface area contributed by atoms with Crippen molar-refractivity contribution in [3.63, 3.8) is 0 Å². The molecule has 2 aromatic heterocycles. The molecule has 226 valence electrons. The summed E-state index contributed by atoms with van der Waals surface area (Å²) in [4.78, 5) is 73.3. The van der Waals surface area contributed by atoms with Gasteiger partial charge in [0.2, 0.25) is 0 Å². The molecular weight excluding hydrogens is 596 g/mol. The van der Waals surface area contributed by atoms with Crippen molar-refractivity contribution in [3.8, 4) is 0 Å². The van der Waals surface area contributed by atoms with E-state index in [1.807, 2.05) is 6.07 Å². The summed E-state index contributed by atoms with van der Waals surface area (Å²) >= 11 is 1.22. The van der Waals surface area contributed by atoms with E-state index in [4.69, 9.17) is 31.9 Å². The summed E-state index contributed by atoms with van der Waals surface area (Å²) in [6.07, 6.45) is -0.355. The van der Waals surface area contributed by atoms with Gasteiger partial charge in [-0.15, -0.1) is 0 Å². The lowest BCUT2D eigenvalue weighted by Crippen LogP contribution is -2.34. The van der Waals surface area contributed by atoms with Gasteiger partial charge in [0.05, 0.1) is 10.7 Å². The smallest absolute Gasteiger partial charge is 0.461 e. The third kappa shape index (κ3) is 9.83. The molecule has 3 aromatic rings. The molecule has 3 rings (SSSR count). The van der Waals surface area contributed by atoms with Gasteiger partial charge in [0.15, 0.2) is 36.3 Å². The molecule has 0 N–H and O–H groups in total. The highest BCUT2D eigenvalue weighted by atomic mass is 32.2. The maximum absolute atomic E-state index is 13.2. The monoisotopic (exact) mass is 624 g/mol. The van der Waals surface area contributed by atoms with Crippen LogP contribution in [-0.2, 0) is 43.6 Å². The van der Waals surface area contributed by atoms with Gasteiger partial charge in [-0.1, -0.05) is 30.3 Å². The Morgan fingerprint density at radius 2 is 1.33 bits per heavy atom. The fraction of sp³-hybridized carbons (Fsp3) is 0.407. The van der Waals surface area contributed by atoms with Crippen LogP contribution in [0.4, 0.5) is 9.59 Å². The minimum Gasteiger partial charge on any atom is -0.461 e. The largest absolute Gasteiger partial charge is 0.519 e. The normalized spacial score (nSPS) is 12.0. The third-order valence-electron chi connectivity index (χ3n) is 5.71. The van der Waals surface area contributed by atoms with Crippen LogP contribution in [0, 0.1) is 19.8 Å². The van der Waals surface area contributed by atoms with Crippen LogP contribution in [0.5, 0.6) is 0 Å². The van der Waals surface area contributed by atoms with Crippen molar-refractivity contribution in [2.45, 2.75) is 58.7 Å². The molecule has 2 heterocycles. The molecule has 0 saturated heterocycles. The summed E-state index contributed by atoms with van der Waals surface area (Å²) < 4.78 is 33.2. The molecule has 0 aliphatic carbocycles. The number of Topliss-reactive ketones (excluding diaryl/α,β-unsaturated/α-hetero) is 1. The zero-order chi connectivity index (χ0) is 30.9. The van der Waals surface area contributed by atoms with E-state index in [1.165, 1.54) is 27.7 Å². The number of hydrogen-bond acceptors (Lipinski definition) is 15. The molecule has 42 heavy (non-hydrogen) atoms. The Labute approximate surface area is 247 Å². The van der Waals surface area contributed by atoms with Crippen molar-refractivity contribution in [1.29, 1.82) is 0 Å². The van der Waals surface area contributed by atoms with Crippen LogP contribution in [-0.4, -0.2) is 32.9 Å². The molecule has 0 amide bonds. The maximum Gasteiger partial charge on any atom is 0.519 e. The molecule has 0 fully saturated rings. The molecule has 0 bridgehead atoms. The minimum absolute atomic E-state index is 0.0355. The highest BCUT2D eigenvalue weighted by Crippen LogP contribution is 2.31. The molecule has 0 unspecified atom stereocenters. The predicted molar refractivity (Wildman–Crippen MR) is 148 cm³/mol. The third-order valence-corrected chi connectivity index (χ3v) is 7.66. The number of hydrogen-bond donors (Lipinski definition) is 0. The van der Waals surface area contributed by atoms with Gasteiger partial charge >= 0.3 is 28.2 Å². The predicted octanol–water partition coefficient (Wildman–Crippen LogP) is 4.93. The number of thioether (sulfide) groups is 2. The zero-order valence-corrected chi connectivity index (χ0v) is 24.8. The van der Waals surface area contributed by atoms with Crippen molar-refractivity contribution >= 4 is 45.9 Å². The lowest BCUT2D eigenvalue weighted by atomic mass is 9.97. The van der Waals surface area contributed by atoms with Gasteiger partial charge in [0.1, 0.15) is 12.4 Å². The summed E-state index contributed by atoms with van der Waals surface area (Å²) in [6.45, 7) is 5.12. The number of carbonyl (C=O) groups is 4. The van der Waals surface area contributed by atoms with E-state index in [2.05, 4.69) is 0 Å². The number of ether oxygens (including phenoxy) is 3. The minimum atomic E-state index is -1.33. The Hall–Kier alpha value is -3.98. The Morgan fingerprint density at radius 1 is 0.786 bits per heavy atom. The SMILES string of the molecule is Cc1oc(=O)oc1COC(=O)SC[C@H](CC(=O)C(C)(C)SC(=O)OCc1oc(=O)oc1C)C(=O)OCc1ccccc1. The molecule has 13 nitrogen and oxygen atoms in total. The average Bonchev–Trinajstić information content (AvgIpc) is 3.44. The van der Waals surface area contributed by atoms with Crippen molar-refractivity contribution in [2.75, 3.05) is 5.75 Å². The summed E-state index contributed by atoms with van der Waals surface area (Å²) in [6, 6.07) is 8.89. The second-order valence-electron chi connectivity index (χ2n) is 9.29. The Balaban J connectivity index is 1.60. The quantitative estimate of drug-likeness (QED) is 0.184. The average molecular weight is 625 g/mol. The van der Waals surface area contributed by atoms with Gasteiger partial charge in [-0.3, -0.25) is 9.59 Å². The highest BCUT2D eigenvalue weighted by molar-refractivity contribution is 8.15. The van der Waals surface area contributed by atoms with Crippen LogP contribution < -0.4 is 11.6 Å². The van der Waals surface area contributed by atoms with Crippen LogP contribution in [0.1, 0.15) is 48.9 Å². The van der Waals surface area contributed by atoms with E-state index >= 15 is 0 Å². The number of rotatable bonds is 13. The van der Waals surface area contributed by atoms with E-state index in [0.29, 0.717) is 23.5 Å².